The number of nitrogens with two attached hydrogens (primary N) is 1. The van der Waals surface area contributed by atoms with Crippen molar-refractivity contribution < 1.29 is 5.21 Å². The van der Waals surface area contributed by atoms with Crippen molar-refractivity contribution in [3.05, 3.63) is 35.9 Å². The van der Waals surface area contributed by atoms with Crippen LogP contribution in [0.2, 0.25) is 0 Å². The van der Waals surface area contributed by atoms with Crippen LogP contribution in [0, 0.1) is 0 Å². The van der Waals surface area contributed by atoms with Gasteiger partial charge >= 0.3 is 0 Å². The molecule has 0 saturated heterocycles. The van der Waals surface area contributed by atoms with Gasteiger partial charge in [0.15, 0.2) is 5.84 Å². The number of fused-ring (bicyclic) bond motifs is 1. The van der Waals surface area contributed by atoms with Gasteiger partial charge in [0.1, 0.15) is 5.82 Å². The van der Waals surface area contributed by atoms with Gasteiger partial charge in [0.25, 0.3) is 0 Å². The van der Waals surface area contributed by atoms with Crippen molar-refractivity contribution in [1.29, 1.82) is 0 Å². The van der Waals surface area contributed by atoms with Crippen molar-refractivity contribution in [2.45, 2.75) is 25.3 Å². The smallest absolute Gasteiger partial charge is 0.173 e. The van der Waals surface area contributed by atoms with Crippen molar-refractivity contribution in [1.82, 2.24) is 4.98 Å². The molecule has 104 valence electrons. The number of para-hydroxylation sites is 1. The zero-order valence-electron chi connectivity index (χ0n) is 11.5. The van der Waals surface area contributed by atoms with Gasteiger partial charge in [0, 0.05) is 18.5 Å². The maximum Gasteiger partial charge on any atom is 0.173 e. The van der Waals surface area contributed by atoms with Gasteiger partial charge in [0.05, 0.1) is 11.1 Å². The van der Waals surface area contributed by atoms with E-state index in [4.69, 9.17) is 15.9 Å². The van der Waals surface area contributed by atoms with E-state index in [1.165, 1.54) is 19.3 Å². The molecule has 0 unspecified atom stereocenters. The normalized spacial score (nSPS) is 16.1. The zero-order valence-corrected chi connectivity index (χ0v) is 11.5. The third-order valence-electron chi connectivity index (χ3n) is 4.04. The van der Waals surface area contributed by atoms with Crippen LogP contribution >= 0.6 is 0 Å². The molecule has 3 rings (SSSR count). The number of rotatable bonds is 3. The third kappa shape index (κ3) is 2.05. The van der Waals surface area contributed by atoms with Crippen LogP contribution in [-0.4, -0.2) is 29.1 Å². The largest absolute Gasteiger partial charge is 0.409 e. The van der Waals surface area contributed by atoms with Crippen LogP contribution in [0.5, 0.6) is 0 Å². The molecule has 5 heteroatoms. The minimum Gasteiger partial charge on any atom is -0.409 e. The van der Waals surface area contributed by atoms with E-state index in [0.29, 0.717) is 11.6 Å². The third-order valence-corrected chi connectivity index (χ3v) is 4.04. The second-order valence-corrected chi connectivity index (χ2v) is 5.23. The molecule has 0 spiro atoms. The number of anilines is 1. The van der Waals surface area contributed by atoms with E-state index in [0.717, 1.165) is 16.7 Å². The minimum absolute atomic E-state index is 0.101. The molecule has 1 aliphatic carbocycles. The first kappa shape index (κ1) is 12.7. The summed E-state index contributed by atoms with van der Waals surface area (Å²) in [7, 11) is 2.02. The summed E-state index contributed by atoms with van der Waals surface area (Å²) >= 11 is 0. The molecule has 0 aliphatic heterocycles. The number of aromatic nitrogens is 1. The van der Waals surface area contributed by atoms with Crippen LogP contribution in [-0.2, 0) is 0 Å². The highest BCUT2D eigenvalue weighted by molar-refractivity contribution is 6.04. The van der Waals surface area contributed by atoms with Gasteiger partial charge < -0.3 is 15.8 Å². The van der Waals surface area contributed by atoms with E-state index < -0.39 is 0 Å². The first-order chi connectivity index (χ1) is 9.70. The Morgan fingerprint density at radius 2 is 2.15 bits per heavy atom. The lowest BCUT2D eigenvalue weighted by atomic mass is 9.91. The van der Waals surface area contributed by atoms with Crippen molar-refractivity contribution in [3.8, 4) is 0 Å². The van der Waals surface area contributed by atoms with Crippen molar-refractivity contribution in [2.75, 3.05) is 11.9 Å². The molecule has 1 aromatic carbocycles. The molecule has 0 amide bonds. The van der Waals surface area contributed by atoms with Gasteiger partial charge in [-0.2, -0.15) is 0 Å². The Balaban J connectivity index is 2.15. The maximum absolute atomic E-state index is 8.99. The molecule has 1 saturated carbocycles. The summed E-state index contributed by atoms with van der Waals surface area (Å²) < 4.78 is 0. The molecule has 20 heavy (non-hydrogen) atoms. The number of nitrogens with zero attached hydrogens (tertiary/aromatic N) is 3. The highest BCUT2D eigenvalue weighted by atomic mass is 16.4. The van der Waals surface area contributed by atoms with Gasteiger partial charge in [-0.25, -0.2) is 4.98 Å². The van der Waals surface area contributed by atoms with Crippen molar-refractivity contribution in [3.63, 3.8) is 0 Å². The van der Waals surface area contributed by atoms with E-state index in [1.807, 2.05) is 37.4 Å². The Labute approximate surface area is 117 Å². The summed E-state index contributed by atoms with van der Waals surface area (Å²) in [6.45, 7) is 0. The second-order valence-electron chi connectivity index (χ2n) is 5.23. The van der Waals surface area contributed by atoms with Crippen molar-refractivity contribution >= 4 is 22.6 Å². The molecule has 1 fully saturated rings. The lowest BCUT2D eigenvalue weighted by Crippen LogP contribution is -2.39. The maximum atomic E-state index is 8.99. The first-order valence-electron chi connectivity index (χ1n) is 6.81. The Morgan fingerprint density at radius 1 is 1.40 bits per heavy atom. The average Bonchev–Trinajstić information content (AvgIpc) is 2.43. The number of pyridine rings is 1. The molecule has 1 heterocycles. The monoisotopic (exact) mass is 270 g/mol. The molecule has 1 aliphatic rings. The molecular formula is C15H18N4O. The predicted octanol–water partition coefficient (Wildman–Crippen LogP) is 2.32. The highest BCUT2D eigenvalue weighted by Crippen LogP contribution is 2.30. The van der Waals surface area contributed by atoms with Gasteiger partial charge in [-0.3, -0.25) is 0 Å². The summed E-state index contributed by atoms with van der Waals surface area (Å²) in [5, 5.41) is 13.1. The molecular weight excluding hydrogens is 252 g/mol. The minimum atomic E-state index is 0.101. The quantitative estimate of drug-likeness (QED) is 0.388. The predicted molar refractivity (Wildman–Crippen MR) is 80.3 cm³/mol. The Morgan fingerprint density at radius 3 is 2.80 bits per heavy atom. The second kappa shape index (κ2) is 5.00. The van der Waals surface area contributed by atoms with Crippen LogP contribution in [0.25, 0.3) is 10.9 Å². The molecule has 3 N–H and O–H groups in total. The summed E-state index contributed by atoms with van der Waals surface area (Å²) in [5.74, 6) is 0.883. The van der Waals surface area contributed by atoms with E-state index in [2.05, 4.69) is 10.1 Å². The topological polar surface area (TPSA) is 74.7 Å². The molecule has 5 nitrogen and oxygen atoms in total. The molecule has 0 radical (unpaired) electrons. The first-order valence-corrected chi connectivity index (χ1v) is 6.81. The van der Waals surface area contributed by atoms with E-state index in [-0.39, 0.29) is 5.84 Å². The number of hydrogen-bond donors (Lipinski definition) is 2. The van der Waals surface area contributed by atoms with Crippen LogP contribution in [0.15, 0.2) is 35.5 Å². The summed E-state index contributed by atoms with van der Waals surface area (Å²) in [5.41, 5.74) is 7.42. The lowest BCUT2D eigenvalue weighted by Gasteiger charge is -2.36. The van der Waals surface area contributed by atoms with E-state index >= 15 is 0 Å². The van der Waals surface area contributed by atoms with Gasteiger partial charge in [-0.05, 0) is 31.4 Å². The number of oxime groups is 1. The van der Waals surface area contributed by atoms with Crippen molar-refractivity contribution in [2.24, 2.45) is 10.9 Å². The fraction of sp³-hybridized carbons (Fsp3) is 0.333. The summed E-state index contributed by atoms with van der Waals surface area (Å²) in [4.78, 5) is 6.84. The standard InChI is InChI=1S/C15H18N4O/c1-19(11-6-4-7-11)15-12(14(16)18-20)9-10-5-2-3-8-13(10)17-15/h2-3,5,8-9,11,20H,4,6-7H2,1H3,(H2,16,18). The fourth-order valence-electron chi connectivity index (χ4n) is 2.56. The number of hydrogen-bond acceptors (Lipinski definition) is 4. The highest BCUT2D eigenvalue weighted by Gasteiger charge is 2.25. The molecule has 1 aromatic heterocycles. The van der Waals surface area contributed by atoms with Crippen LogP contribution in [0.3, 0.4) is 0 Å². The Kier molecular flexibility index (Phi) is 3.18. The van der Waals surface area contributed by atoms with Crippen LogP contribution in [0.1, 0.15) is 24.8 Å². The number of benzene rings is 1. The summed E-state index contributed by atoms with van der Waals surface area (Å²) in [6.07, 6.45) is 3.59. The summed E-state index contributed by atoms with van der Waals surface area (Å²) in [6, 6.07) is 10.3. The number of amidine groups is 1. The zero-order chi connectivity index (χ0) is 14.1. The SMILES string of the molecule is CN(c1nc2ccccc2cc1/C(N)=N/O)C1CCC1. The molecule has 0 atom stereocenters. The van der Waals surface area contributed by atoms with Crippen LogP contribution < -0.4 is 10.6 Å². The van der Waals surface area contributed by atoms with Gasteiger partial charge in [-0.1, -0.05) is 23.4 Å². The fourth-order valence-corrected chi connectivity index (χ4v) is 2.56. The molecule has 0 bridgehead atoms. The molecule has 2 aromatic rings. The Bertz CT molecular complexity index is 664. The van der Waals surface area contributed by atoms with Gasteiger partial charge in [-0.15, -0.1) is 0 Å². The average molecular weight is 270 g/mol. The lowest BCUT2D eigenvalue weighted by molar-refractivity contribution is 0.318. The van der Waals surface area contributed by atoms with Gasteiger partial charge in [0.2, 0.25) is 0 Å². The van der Waals surface area contributed by atoms with E-state index in [9.17, 15) is 0 Å². The van der Waals surface area contributed by atoms with E-state index in [1.54, 1.807) is 0 Å². The van der Waals surface area contributed by atoms with Crippen LogP contribution in [0.4, 0.5) is 5.82 Å². The Hall–Kier alpha value is -2.30.